The van der Waals surface area contributed by atoms with Gasteiger partial charge in [0.1, 0.15) is 0 Å². The Bertz CT molecular complexity index is 2920. The first-order valence-electron chi connectivity index (χ1n) is 18.4. The highest BCUT2D eigenvalue weighted by Crippen LogP contribution is 2.46. The Morgan fingerprint density at radius 2 is 0.636 bits per heavy atom. The van der Waals surface area contributed by atoms with Crippen molar-refractivity contribution in [3.63, 3.8) is 0 Å². The van der Waals surface area contributed by atoms with Gasteiger partial charge in [0, 0.05) is 42.4 Å². The molecule has 3 nitrogen and oxygen atoms in total. The molecule has 0 spiro atoms. The first kappa shape index (κ1) is 32.6. The lowest BCUT2D eigenvalue weighted by molar-refractivity contribution is 1.07. The van der Waals surface area contributed by atoms with Crippen molar-refractivity contribution in [1.29, 1.82) is 0 Å². The molecule has 0 bridgehead atoms. The van der Waals surface area contributed by atoms with Crippen LogP contribution in [0.5, 0.6) is 0 Å². The van der Waals surface area contributed by atoms with E-state index in [4.69, 9.17) is 15.0 Å². The maximum atomic E-state index is 5.06. The zero-order valence-electron chi connectivity index (χ0n) is 29.8. The molecule has 0 aliphatic heterocycles. The summed E-state index contributed by atoms with van der Waals surface area (Å²) in [6.07, 6.45) is 0. The average Bonchev–Trinajstić information content (AvgIpc) is 3.66. The van der Waals surface area contributed by atoms with Crippen LogP contribution in [0.4, 0.5) is 0 Å². The molecule has 10 rings (SSSR count). The molecule has 0 unspecified atom stereocenters. The molecule has 0 saturated heterocycles. The van der Waals surface area contributed by atoms with Gasteiger partial charge in [-0.1, -0.05) is 188 Å². The Balaban J connectivity index is 1.09. The van der Waals surface area contributed by atoms with Crippen LogP contribution in [0.2, 0.25) is 0 Å². The van der Waals surface area contributed by atoms with Crippen molar-refractivity contribution in [2.45, 2.75) is 0 Å². The van der Waals surface area contributed by atoms with Crippen LogP contribution in [0.15, 0.2) is 200 Å². The number of rotatable bonds is 7. The monoisotopic (exact) mass is 719 g/mol. The van der Waals surface area contributed by atoms with E-state index in [2.05, 4.69) is 164 Å². The van der Waals surface area contributed by atoms with E-state index in [0.29, 0.717) is 17.5 Å². The lowest BCUT2D eigenvalue weighted by Crippen LogP contribution is -2.00. The van der Waals surface area contributed by atoms with E-state index < -0.39 is 0 Å². The molecule has 258 valence electrons. The van der Waals surface area contributed by atoms with Gasteiger partial charge in [-0.3, -0.25) is 0 Å². The van der Waals surface area contributed by atoms with Crippen LogP contribution in [-0.4, -0.2) is 15.0 Å². The summed E-state index contributed by atoms with van der Waals surface area (Å²) in [5, 5.41) is 2.55. The van der Waals surface area contributed by atoms with Gasteiger partial charge in [0.2, 0.25) is 0 Å². The number of benzene rings is 8. The van der Waals surface area contributed by atoms with Crippen LogP contribution in [0, 0.1) is 0 Å². The number of hydrogen-bond acceptors (Lipinski definition) is 4. The second-order valence-corrected chi connectivity index (χ2v) is 14.6. The van der Waals surface area contributed by atoms with Gasteiger partial charge in [-0.15, -0.1) is 11.3 Å². The summed E-state index contributed by atoms with van der Waals surface area (Å²) >= 11 is 1.87. The molecule has 55 heavy (non-hydrogen) atoms. The van der Waals surface area contributed by atoms with Crippen molar-refractivity contribution in [3.05, 3.63) is 200 Å². The van der Waals surface area contributed by atoms with Gasteiger partial charge in [0.25, 0.3) is 0 Å². The summed E-state index contributed by atoms with van der Waals surface area (Å²) in [5.41, 5.74) is 12.4. The minimum Gasteiger partial charge on any atom is -0.208 e. The SMILES string of the molecule is c1ccc(-c2ccc(-c3nc(-c4ccccc4)nc(-c4ccc(-c5cc(-c6ccccc6)cc6c5sc5c(-c7ccccc7)cccc56)cc4)n3)cc2)cc1. The third-order valence-electron chi connectivity index (χ3n) is 10.2. The van der Waals surface area contributed by atoms with Gasteiger partial charge in [-0.2, -0.15) is 0 Å². The fourth-order valence-corrected chi connectivity index (χ4v) is 8.70. The molecule has 2 aromatic heterocycles. The van der Waals surface area contributed by atoms with Crippen LogP contribution in [-0.2, 0) is 0 Å². The van der Waals surface area contributed by atoms with Crippen molar-refractivity contribution in [1.82, 2.24) is 15.0 Å². The quantitative estimate of drug-likeness (QED) is 0.165. The van der Waals surface area contributed by atoms with Gasteiger partial charge in [-0.05, 0) is 51.1 Å². The van der Waals surface area contributed by atoms with Gasteiger partial charge in [0.15, 0.2) is 17.5 Å². The summed E-state index contributed by atoms with van der Waals surface area (Å²) in [5.74, 6) is 1.93. The molecule has 0 atom stereocenters. The number of aromatic nitrogens is 3. The molecule has 0 radical (unpaired) electrons. The molecular weight excluding hydrogens is 687 g/mol. The lowest BCUT2D eigenvalue weighted by atomic mass is 9.95. The molecule has 0 aliphatic rings. The van der Waals surface area contributed by atoms with Crippen LogP contribution in [0.25, 0.3) is 98.8 Å². The molecule has 0 fully saturated rings. The predicted molar refractivity (Wildman–Crippen MR) is 231 cm³/mol. The van der Waals surface area contributed by atoms with E-state index in [9.17, 15) is 0 Å². The minimum absolute atomic E-state index is 0.639. The summed E-state index contributed by atoms with van der Waals surface area (Å²) in [6.45, 7) is 0. The predicted octanol–water partition coefficient (Wildman–Crippen LogP) is 13.9. The molecule has 10 aromatic rings. The van der Waals surface area contributed by atoms with Crippen LogP contribution in [0.3, 0.4) is 0 Å². The first-order valence-corrected chi connectivity index (χ1v) is 19.3. The van der Waals surface area contributed by atoms with E-state index in [1.165, 1.54) is 53.6 Å². The van der Waals surface area contributed by atoms with Gasteiger partial charge >= 0.3 is 0 Å². The second kappa shape index (κ2) is 14.1. The Morgan fingerprint density at radius 1 is 0.255 bits per heavy atom. The van der Waals surface area contributed by atoms with Crippen molar-refractivity contribution in [3.8, 4) is 78.7 Å². The highest BCUT2D eigenvalue weighted by atomic mass is 32.1. The maximum Gasteiger partial charge on any atom is 0.164 e. The smallest absolute Gasteiger partial charge is 0.164 e. The zero-order chi connectivity index (χ0) is 36.6. The number of nitrogens with zero attached hydrogens (tertiary/aromatic N) is 3. The summed E-state index contributed by atoms with van der Waals surface area (Å²) in [4.78, 5) is 15.0. The van der Waals surface area contributed by atoms with Gasteiger partial charge in [-0.25, -0.2) is 15.0 Å². The number of thiophene rings is 1. The number of fused-ring (bicyclic) bond motifs is 3. The Labute approximate surface area is 323 Å². The highest BCUT2D eigenvalue weighted by molar-refractivity contribution is 7.26. The average molecular weight is 720 g/mol. The Hall–Kier alpha value is -7.01. The topological polar surface area (TPSA) is 38.7 Å². The molecule has 4 heteroatoms. The van der Waals surface area contributed by atoms with Crippen molar-refractivity contribution in [2.75, 3.05) is 0 Å². The third kappa shape index (κ3) is 6.29. The molecule has 0 N–H and O–H groups in total. The molecule has 0 aliphatic carbocycles. The van der Waals surface area contributed by atoms with E-state index >= 15 is 0 Å². The highest BCUT2D eigenvalue weighted by Gasteiger charge is 2.17. The van der Waals surface area contributed by atoms with E-state index in [1.807, 2.05) is 47.7 Å². The molecular formula is C51H33N3S. The lowest BCUT2D eigenvalue weighted by Gasteiger charge is -2.11. The summed E-state index contributed by atoms with van der Waals surface area (Å²) in [6, 6.07) is 70.5. The Kier molecular flexibility index (Phi) is 8.36. The third-order valence-corrected chi connectivity index (χ3v) is 11.4. The minimum atomic E-state index is 0.639. The van der Waals surface area contributed by atoms with E-state index in [1.54, 1.807) is 0 Å². The van der Waals surface area contributed by atoms with E-state index in [0.717, 1.165) is 27.8 Å². The van der Waals surface area contributed by atoms with Gasteiger partial charge < -0.3 is 0 Å². The van der Waals surface area contributed by atoms with Gasteiger partial charge in [0.05, 0.1) is 0 Å². The fourth-order valence-electron chi connectivity index (χ4n) is 7.35. The fraction of sp³-hybridized carbons (Fsp3) is 0. The van der Waals surface area contributed by atoms with Crippen molar-refractivity contribution in [2.24, 2.45) is 0 Å². The molecule has 0 saturated carbocycles. The zero-order valence-corrected chi connectivity index (χ0v) is 30.6. The largest absolute Gasteiger partial charge is 0.208 e. The van der Waals surface area contributed by atoms with Crippen molar-refractivity contribution < 1.29 is 0 Å². The summed E-state index contributed by atoms with van der Waals surface area (Å²) in [7, 11) is 0. The molecule has 8 aromatic carbocycles. The van der Waals surface area contributed by atoms with Crippen molar-refractivity contribution >= 4 is 31.5 Å². The molecule has 2 heterocycles. The standard InChI is InChI=1S/C51H33N3S/c1-5-14-34(15-6-1)36-24-28-40(29-25-36)50-52-49(39-20-11-4-12-21-39)53-51(54-50)41-30-26-38(27-31-41)45-32-42(35-16-7-2-8-17-35)33-46-44-23-13-22-43(47(44)55-48(45)46)37-18-9-3-10-19-37/h1-33H. The number of hydrogen-bond donors (Lipinski definition) is 0. The normalized spacial score (nSPS) is 11.3. The second-order valence-electron chi connectivity index (χ2n) is 13.6. The van der Waals surface area contributed by atoms with E-state index in [-0.39, 0.29) is 0 Å². The molecule has 0 amide bonds. The summed E-state index contributed by atoms with van der Waals surface area (Å²) < 4.78 is 2.58. The van der Waals surface area contributed by atoms with Crippen LogP contribution >= 0.6 is 11.3 Å². The van der Waals surface area contributed by atoms with Crippen LogP contribution < -0.4 is 0 Å². The van der Waals surface area contributed by atoms with Crippen LogP contribution in [0.1, 0.15) is 0 Å². The maximum absolute atomic E-state index is 5.06. The Morgan fingerprint density at radius 3 is 1.18 bits per heavy atom. The first-order chi connectivity index (χ1) is 27.2.